The zero-order chi connectivity index (χ0) is 25.7. The highest BCUT2D eigenvalue weighted by atomic mass is 16.5. The van der Waals surface area contributed by atoms with Crippen molar-refractivity contribution < 1.29 is 9.47 Å². The Hall–Kier alpha value is -4.22. The largest absolute Gasteiger partial charge is 0.497 e. The number of benzene rings is 4. The fourth-order valence-corrected chi connectivity index (χ4v) is 5.27. The molecule has 0 spiro atoms. The second-order valence-corrected chi connectivity index (χ2v) is 9.66. The molecule has 0 aliphatic carbocycles. The second-order valence-electron chi connectivity index (χ2n) is 9.66. The van der Waals surface area contributed by atoms with E-state index in [4.69, 9.17) is 9.47 Å². The molecule has 0 N–H and O–H groups in total. The van der Waals surface area contributed by atoms with Gasteiger partial charge in [-0.3, -0.25) is 4.90 Å². The van der Waals surface area contributed by atoms with Gasteiger partial charge in [0.2, 0.25) is 0 Å². The molecule has 1 fully saturated rings. The molecule has 0 radical (unpaired) electrons. The molecule has 5 aromatic rings. The van der Waals surface area contributed by atoms with E-state index < -0.39 is 0 Å². The van der Waals surface area contributed by atoms with Crippen LogP contribution in [0.4, 0.5) is 5.69 Å². The molecular weight excluding hydrogens is 470 g/mol. The van der Waals surface area contributed by atoms with Crippen LogP contribution in [-0.4, -0.2) is 55.9 Å². The lowest BCUT2D eigenvalue weighted by atomic mass is 10.1. The van der Waals surface area contributed by atoms with E-state index in [1.54, 1.807) is 7.11 Å². The van der Waals surface area contributed by atoms with Crippen molar-refractivity contribution in [1.82, 2.24) is 9.47 Å². The quantitative estimate of drug-likeness (QED) is 0.242. The monoisotopic (exact) mass is 503 g/mol. The van der Waals surface area contributed by atoms with Crippen LogP contribution in [-0.2, 0) is 0 Å². The third kappa shape index (κ3) is 5.11. The van der Waals surface area contributed by atoms with Crippen molar-refractivity contribution in [3.05, 3.63) is 109 Å². The van der Waals surface area contributed by atoms with Gasteiger partial charge in [-0.15, -0.1) is 0 Å². The van der Waals surface area contributed by atoms with Crippen molar-refractivity contribution in [3.63, 3.8) is 0 Å². The summed E-state index contributed by atoms with van der Waals surface area (Å²) < 4.78 is 13.9. The Labute approximate surface area is 224 Å². The number of para-hydroxylation sites is 1. The Morgan fingerprint density at radius 3 is 2.05 bits per heavy atom. The first-order valence-corrected chi connectivity index (χ1v) is 13.3. The lowest BCUT2D eigenvalue weighted by Crippen LogP contribution is -2.47. The highest BCUT2D eigenvalue weighted by Gasteiger charge is 2.17. The number of hydrogen-bond acceptors (Lipinski definition) is 4. The van der Waals surface area contributed by atoms with Crippen LogP contribution in [0.5, 0.6) is 11.5 Å². The fourth-order valence-electron chi connectivity index (χ4n) is 5.27. The molecule has 5 heteroatoms. The third-order valence-electron chi connectivity index (χ3n) is 7.34. The maximum absolute atomic E-state index is 6.14. The van der Waals surface area contributed by atoms with E-state index in [9.17, 15) is 0 Å². The van der Waals surface area contributed by atoms with Crippen molar-refractivity contribution in [2.24, 2.45) is 0 Å². The normalized spacial score (nSPS) is 14.1. The van der Waals surface area contributed by atoms with Crippen LogP contribution in [0.1, 0.15) is 0 Å². The molecule has 6 rings (SSSR count). The van der Waals surface area contributed by atoms with Crippen LogP contribution in [0.15, 0.2) is 109 Å². The molecule has 0 atom stereocenters. The van der Waals surface area contributed by atoms with Gasteiger partial charge in [0.1, 0.15) is 18.1 Å². The average Bonchev–Trinajstić information content (AvgIpc) is 3.37. The number of piperazine rings is 1. The number of aromatic nitrogens is 1. The lowest BCUT2D eigenvalue weighted by Gasteiger charge is -2.36. The lowest BCUT2D eigenvalue weighted by molar-refractivity contribution is 0.200. The number of methoxy groups -OCH3 is 1. The smallest absolute Gasteiger partial charge is 0.119 e. The number of anilines is 1. The fraction of sp³-hybridized carbons (Fsp3) is 0.212. The second kappa shape index (κ2) is 11.0. The molecule has 1 aliphatic rings. The number of fused-ring (bicyclic) bond motifs is 1. The molecule has 38 heavy (non-hydrogen) atoms. The van der Waals surface area contributed by atoms with Gasteiger partial charge in [-0.25, -0.2) is 0 Å². The molecule has 1 aliphatic heterocycles. The van der Waals surface area contributed by atoms with E-state index in [-0.39, 0.29) is 0 Å². The van der Waals surface area contributed by atoms with Gasteiger partial charge in [0.15, 0.2) is 0 Å². The molecule has 0 unspecified atom stereocenters. The van der Waals surface area contributed by atoms with Gasteiger partial charge in [0, 0.05) is 49.5 Å². The van der Waals surface area contributed by atoms with Crippen molar-refractivity contribution >= 4 is 16.6 Å². The van der Waals surface area contributed by atoms with Gasteiger partial charge in [0.25, 0.3) is 0 Å². The van der Waals surface area contributed by atoms with Crippen LogP contribution < -0.4 is 14.4 Å². The van der Waals surface area contributed by atoms with Crippen molar-refractivity contribution in [2.75, 3.05) is 51.3 Å². The van der Waals surface area contributed by atoms with Crippen molar-refractivity contribution in [2.45, 2.75) is 0 Å². The number of nitrogens with zero attached hydrogens (tertiary/aromatic N) is 3. The van der Waals surface area contributed by atoms with E-state index in [2.05, 4.69) is 117 Å². The van der Waals surface area contributed by atoms with Crippen LogP contribution >= 0.6 is 0 Å². The third-order valence-corrected chi connectivity index (χ3v) is 7.34. The van der Waals surface area contributed by atoms with Gasteiger partial charge < -0.3 is 18.9 Å². The van der Waals surface area contributed by atoms with Gasteiger partial charge in [-0.05, 0) is 66.2 Å². The minimum atomic E-state index is 0.687. The summed E-state index contributed by atoms with van der Waals surface area (Å²) in [6.45, 7) is 5.85. The molecule has 1 saturated heterocycles. The Bertz CT molecular complexity index is 1470. The zero-order valence-electron chi connectivity index (χ0n) is 21.8. The molecule has 4 aromatic carbocycles. The number of rotatable bonds is 8. The summed E-state index contributed by atoms with van der Waals surface area (Å²) >= 11 is 0. The molecular formula is C33H33N3O2. The summed E-state index contributed by atoms with van der Waals surface area (Å²) in [7, 11) is 1.71. The highest BCUT2D eigenvalue weighted by molar-refractivity contribution is 5.90. The van der Waals surface area contributed by atoms with Gasteiger partial charge in [-0.1, -0.05) is 48.5 Å². The first-order chi connectivity index (χ1) is 18.8. The predicted octanol–water partition coefficient (Wildman–Crippen LogP) is 6.51. The first-order valence-electron chi connectivity index (χ1n) is 13.3. The molecule has 0 saturated carbocycles. The summed E-state index contributed by atoms with van der Waals surface area (Å²) in [5, 5.41) is 1.15. The molecule has 0 amide bonds. The van der Waals surface area contributed by atoms with Crippen molar-refractivity contribution in [3.8, 4) is 28.4 Å². The van der Waals surface area contributed by atoms with Gasteiger partial charge >= 0.3 is 0 Å². The Balaban J connectivity index is 1.13. The molecule has 0 bridgehead atoms. The highest BCUT2D eigenvalue weighted by Crippen LogP contribution is 2.34. The average molecular weight is 504 g/mol. The number of hydrogen-bond donors (Lipinski definition) is 0. The molecule has 192 valence electrons. The zero-order valence-corrected chi connectivity index (χ0v) is 21.8. The van der Waals surface area contributed by atoms with E-state index >= 15 is 0 Å². The summed E-state index contributed by atoms with van der Waals surface area (Å²) in [4.78, 5) is 4.95. The molecule has 5 nitrogen and oxygen atoms in total. The summed E-state index contributed by atoms with van der Waals surface area (Å²) in [5.74, 6) is 1.76. The van der Waals surface area contributed by atoms with Crippen LogP contribution in [0, 0.1) is 0 Å². The van der Waals surface area contributed by atoms with E-state index in [1.807, 2.05) is 6.07 Å². The number of ether oxygens (including phenoxy) is 2. The van der Waals surface area contributed by atoms with Gasteiger partial charge in [0.05, 0.1) is 18.3 Å². The maximum atomic E-state index is 6.14. The minimum absolute atomic E-state index is 0.687. The Morgan fingerprint density at radius 2 is 1.34 bits per heavy atom. The predicted molar refractivity (Wildman–Crippen MR) is 156 cm³/mol. The first kappa shape index (κ1) is 24.1. The van der Waals surface area contributed by atoms with E-state index in [1.165, 1.54) is 11.3 Å². The summed E-state index contributed by atoms with van der Waals surface area (Å²) in [5.41, 5.74) is 5.89. The van der Waals surface area contributed by atoms with E-state index in [0.717, 1.165) is 66.5 Å². The van der Waals surface area contributed by atoms with Crippen LogP contribution in [0.3, 0.4) is 0 Å². The SMILES string of the molecule is COc1ccc2c(c1)cc(-c1ccccc1)n2-c1ccc(OCCN2CCN(c3ccccc3)CC2)cc1. The van der Waals surface area contributed by atoms with Crippen LogP contribution in [0.25, 0.3) is 27.8 Å². The van der Waals surface area contributed by atoms with Crippen LogP contribution in [0.2, 0.25) is 0 Å². The Morgan fingerprint density at radius 1 is 0.658 bits per heavy atom. The minimum Gasteiger partial charge on any atom is -0.497 e. The summed E-state index contributed by atoms with van der Waals surface area (Å²) in [6, 6.07) is 38.1. The molecule has 2 heterocycles. The Kier molecular flexibility index (Phi) is 7.01. The van der Waals surface area contributed by atoms with Gasteiger partial charge in [-0.2, -0.15) is 0 Å². The standard InChI is InChI=1S/C33H33N3O2/c1-37-31-16-17-32-27(24-31)25-33(26-8-4-2-5-9-26)36(32)29-12-14-30(15-13-29)38-23-22-34-18-20-35(21-19-34)28-10-6-3-7-11-28/h2-17,24-25H,18-23H2,1H3. The maximum Gasteiger partial charge on any atom is 0.119 e. The topological polar surface area (TPSA) is 29.9 Å². The summed E-state index contributed by atoms with van der Waals surface area (Å²) in [6.07, 6.45) is 0. The van der Waals surface area contributed by atoms with E-state index in [0.29, 0.717) is 6.61 Å². The van der Waals surface area contributed by atoms with Crippen molar-refractivity contribution in [1.29, 1.82) is 0 Å². The molecule has 1 aromatic heterocycles.